The molecule has 3 rings (SSSR count). The maximum absolute atomic E-state index is 12.3. The van der Waals surface area contributed by atoms with Crippen LogP contribution < -0.4 is 15.4 Å². The topological polar surface area (TPSA) is 107 Å². The van der Waals surface area contributed by atoms with Crippen molar-refractivity contribution in [2.24, 2.45) is 0 Å². The van der Waals surface area contributed by atoms with Gasteiger partial charge in [-0.25, -0.2) is 4.79 Å². The number of carbonyl (C=O) groups excluding carboxylic acids is 2. The van der Waals surface area contributed by atoms with Gasteiger partial charge >= 0.3 is 5.97 Å². The fraction of sp³-hybridized carbons (Fsp3) is 0.273. The molecule has 1 amide bonds. The van der Waals surface area contributed by atoms with Gasteiger partial charge in [-0.3, -0.25) is 4.79 Å². The first-order valence-corrected chi connectivity index (χ1v) is 10.9. The van der Waals surface area contributed by atoms with Gasteiger partial charge in [-0.2, -0.15) is 0 Å². The van der Waals surface area contributed by atoms with Crippen LogP contribution in [-0.2, 0) is 22.6 Å². The molecule has 0 radical (unpaired) electrons. The van der Waals surface area contributed by atoms with Crippen LogP contribution in [0.1, 0.15) is 23.1 Å². The predicted octanol–water partition coefficient (Wildman–Crippen LogP) is 3.44. The van der Waals surface area contributed by atoms with Crippen LogP contribution in [0.5, 0.6) is 5.75 Å². The number of methoxy groups -OCH3 is 2. The number of thioether (sulfide) groups is 1. The molecule has 168 valence electrons. The van der Waals surface area contributed by atoms with Crippen LogP contribution in [0.25, 0.3) is 0 Å². The van der Waals surface area contributed by atoms with E-state index in [1.54, 1.807) is 31.4 Å². The fourth-order valence-electron chi connectivity index (χ4n) is 2.90. The van der Waals surface area contributed by atoms with Gasteiger partial charge in [0.15, 0.2) is 11.0 Å². The van der Waals surface area contributed by atoms with E-state index in [0.29, 0.717) is 29.5 Å². The number of carbonyl (C=O) groups is 2. The lowest BCUT2D eigenvalue weighted by molar-refractivity contribution is -0.113. The van der Waals surface area contributed by atoms with Crippen molar-refractivity contribution in [3.8, 4) is 5.75 Å². The monoisotopic (exact) mass is 455 g/mol. The number of esters is 1. The number of benzene rings is 2. The third-order valence-corrected chi connectivity index (χ3v) is 5.54. The van der Waals surface area contributed by atoms with Crippen molar-refractivity contribution in [2.75, 3.05) is 30.6 Å². The average Bonchev–Trinajstić information content (AvgIpc) is 3.23. The summed E-state index contributed by atoms with van der Waals surface area (Å²) in [7, 11) is 2.96. The zero-order valence-electron chi connectivity index (χ0n) is 18.1. The molecule has 0 saturated heterocycles. The van der Waals surface area contributed by atoms with Crippen LogP contribution in [0, 0.1) is 0 Å². The second-order valence-electron chi connectivity index (χ2n) is 6.63. The van der Waals surface area contributed by atoms with E-state index in [1.807, 2.05) is 35.8 Å². The van der Waals surface area contributed by atoms with Gasteiger partial charge in [0, 0.05) is 17.9 Å². The van der Waals surface area contributed by atoms with Crippen molar-refractivity contribution >= 4 is 35.0 Å². The van der Waals surface area contributed by atoms with Crippen LogP contribution in [0.2, 0.25) is 0 Å². The molecule has 0 aliphatic carbocycles. The highest BCUT2D eigenvalue weighted by Crippen LogP contribution is 2.20. The Labute approximate surface area is 190 Å². The minimum absolute atomic E-state index is 0.177. The molecular formula is C22H25N5O4S. The average molecular weight is 456 g/mol. The van der Waals surface area contributed by atoms with E-state index in [1.165, 1.54) is 18.9 Å². The molecule has 1 aromatic heterocycles. The van der Waals surface area contributed by atoms with Gasteiger partial charge in [0.25, 0.3) is 0 Å². The molecule has 0 aliphatic heterocycles. The smallest absolute Gasteiger partial charge is 0.337 e. The van der Waals surface area contributed by atoms with Crippen molar-refractivity contribution in [2.45, 2.75) is 25.2 Å². The maximum atomic E-state index is 12.3. The second kappa shape index (κ2) is 11.2. The maximum Gasteiger partial charge on any atom is 0.337 e. The molecule has 10 heteroatoms. The van der Waals surface area contributed by atoms with Crippen molar-refractivity contribution in [3.63, 3.8) is 0 Å². The van der Waals surface area contributed by atoms with Crippen molar-refractivity contribution < 1.29 is 19.1 Å². The Morgan fingerprint density at radius 3 is 2.31 bits per heavy atom. The summed E-state index contributed by atoms with van der Waals surface area (Å²) in [6, 6.07) is 14.2. The van der Waals surface area contributed by atoms with Gasteiger partial charge in [0.05, 0.1) is 32.1 Å². The molecule has 0 saturated carbocycles. The van der Waals surface area contributed by atoms with E-state index in [9.17, 15) is 9.59 Å². The Kier molecular flexibility index (Phi) is 8.09. The summed E-state index contributed by atoms with van der Waals surface area (Å²) in [5.74, 6) is 1.16. The highest BCUT2D eigenvalue weighted by atomic mass is 32.2. The number of rotatable bonds is 10. The standard InChI is InChI=1S/C22H25N5O4S/c1-4-27-19(13-23-16-9-11-18(30-2)12-10-16)25-26-22(27)32-14-20(28)24-17-7-5-15(6-8-17)21(29)31-3/h5-12,23H,4,13-14H2,1-3H3,(H,24,28). The highest BCUT2D eigenvalue weighted by Gasteiger charge is 2.13. The van der Waals surface area contributed by atoms with E-state index in [2.05, 4.69) is 25.6 Å². The molecule has 0 spiro atoms. The minimum atomic E-state index is -0.422. The number of ether oxygens (including phenoxy) is 2. The van der Waals surface area contributed by atoms with E-state index in [0.717, 1.165) is 17.3 Å². The van der Waals surface area contributed by atoms with Crippen molar-refractivity contribution in [1.29, 1.82) is 0 Å². The normalized spacial score (nSPS) is 10.5. The number of hydrogen-bond acceptors (Lipinski definition) is 8. The summed E-state index contributed by atoms with van der Waals surface area (Å²) in [5.41, 5.74) is 1.97. The van der Waals surface area contributed by atoms with Gasteiger partial charge in [-0.05, 0) is 55.5 Å². The second-order valence-corrected chi connectivity index (χ2v) is 7.57. The van der Waals surface area contributed by atoms with Crippen molar-refractivity contribution in [1.82, 2.24) is 14.8 Å². The van der Waals surface area contributed by atoms with Crippen molar-refractivity contribution in [3.05, 3.63) is 59.9 Å². The molecule has 0 bridgehead atoms. The molecule has 0 fully saturated rings. The number of anilines is 2. The Morgan fingerprint density at radius 2 is 1.69 bits per heavy atom. The largest absolute Gasteiger partial charge is 0.497 e. The summed E-state index contributed by atoms with van der Waals surface area (Å²) in [6.07, 6.45) is 0. The van der Waals surface area contributed by atoms with Crippen LogP contribution in [0.4, 0.5) is 11.4 Å². The number of nitrogens with one attached hydrogen (secondary N) is 2. The quantitative estimate of drug-likeness (QED) is 0.354. The first-order valence-electron chi connectivity index (χ1n) is 9.95. The Hall–Kier alpha value is -3.53. The zero-order chi connectivity index (χ0) is 22.9. The fourth-order valence-corrected chi connectivity index (χ4v) is 3.72. The van der Waals surface area contributed by atoms with Crippen LogP contribution in [-0.4, -0.2) is 46.6 Å². The predicted molar refractivity (Wildman–Crippen MR) is 123 cm³/mol. The lowest BCUT2D eigenvalue weighted by Crippen LogP contribution is -2.15. The van der Waals surface area contributed by atoms with Gasteiger partial charge in [0.1, 0.15) is 5.75 Å². The van der Waals surface area contributed by atoms with E-state index < -0.39 is 5.97 Å². The summed E-state index contributed by atoms with van der Waals surface area (Å²) in [5, 5.41) is 15.3. The number of amides is 1. The first kappa shape index (κ1) is 23.1. The minimum Gasteiger partial charge on any atom is -0.497 e. The summed E-state index contributed by atoms with van der Waals surface area (Å²) >= 11 is 1.32. The molecule has 2 aromatic carbocycles. The summed E-state index contributed by atoms with van der Waals surface area (Å²) < 4.78 is 11.8. The Morgan fingerprint density at radius 1 is 1.00 bits per heavy atom. The molecule has 0 aliphatic rings. The van der Waals surface area contributed by atoms with Crippen LogP contribution >= 0.6 is 11.8 Å². The van der Waals surface area contributed by atoms with E-state index in [4.69, 9.17) is 4.74 Å². The molecule has 2 N–H and O–H groups in total. The SMILES string of the molecule is CCn1c(CNc2ccc(OC)cc2)nnc1SCC(=O)Nc1ccc(C(=O)OC)cc1. The molecule has 9 nitrogen and oxygen atoms in total. The molecule has 1 heterocycles. The van der Waals surface area contributed by atoms with Crippen LogP contribution in [0.15, 0.2) is 53.7 Å². The zero-order valence-corrected chi connectivity index (χ0v) is 18.9. The van der Waals surface area contributed by atoms with E-state index >= 15 is 0 Å². The third-order valence-electron chi connectivity index (χ3n) is 4.57. The van der Waals surface area contributed by atoms with E-state index in [-0.39, 0.29) is 11.7 Å². The van der Waals surface area contributed by atoms with Gasteiger partial charge in [-0.15, -0.1) is 10.2 Å². The lowest BCUT2D eigenvalue weighted by atomic mass is 10.2. The van der Waals surface area contributed by atoms with Gasteiger partial charge < -0.3 is 24.7 Å². The molecular weight excluding hydrogens is 430 g/mol. The number of nitrogens with zero attached hydrogens (tertiary/aromatic N) is 3. The first-order chi connectivity index (χ1) is 15.5. The van der Waals surface area contributed by atoms with Crippen LogP contribution in [0.3, 0.4) is 0 Å². The summed E-state index contributed by atoms with van der Waals surface area (Å²) in [4.78, 5) is 23.8. The highest BCUT2D eigenvalue weighted by molar-refractivity contribution is 7.99. The summed E-state index contributed by atoms with van der Waals surface area (Å²) in [6.45, 7) is 3.20. The number of aromatic nitrogens is 3. The third kappa shape index (κ3) is 6.01. The number of hydrogen-bond donors (Lipinski definition) is 2. The van der Waals surface area contributed by atoms with Gasteiger partial charge in [-0.1, -0.05) is 11.8 Å². The molecule has 32 heavy (non-hydrogen) atoms. The lowest BCUT2D eigenvalue weighted by Gasteiger charge is -2.10. The molecule has 3 aromatic rings. The molecule has 0 atom stereocenters. The Balaban J connectivity index is 1.53. The molecule has 0 unspecified atom stereocenters. The van der Waals surface area contributed by atoms with Gasteiger partial charge in [0.2, 0.25) is 5.91 Å². The Bertz CT molecular complexity index is 1050.